The molecule has 0 spiro atoms. The van der Waals surface area contributed by atoms with Crippen molar-refractivity contribution in [3.05, 3.63) is 35.9 Å². The van der Waals surface area contributed by atoms with Gasteiger partial charge >= 0.3 is 5.97 Å². The Labute approximate surface area is 102 Å². The van der Waals surface area contributed by atoms with Gasteiger partial charge < -0.3 is 5.11 Å². The molecule has 0 aliphatic rings. The number of carboxylic acids is 1. The minimum absolute atomic E-state index is 0.00866. The lowest BCUT2D eigenvalue weighted by Gasteiger charge is -2.01. The topological polar surface area (TPSA) is 71.4 Å². The second-order valence-corrected chi connectivity index (χ2v) is 5.15. The molecule has 0 heterocycles. The van der Waals surface area contributed by atoms with E-state index in [1.807, 2.05) is 0 Å². The normalized spacial score (nSPS) is 12.0. The van der Waals surface area contributed by atoms with Crippen LogP contribution in [-0.4, -0.2) is 32.6 Å². The molecule has 92 valence electrons. The quantitative estimate of drug-likeness (QED) is 0.748. The van der Waals surface area contributed by atoms with E-state index in [1.54, 1.807) is 30.3 Å². The molecule has 17 heavy (non-hydrogen) atoms. The predicted octanol–water partition coefficient (Wildman–Crippen LogP) is 1.48. The largest absolute Gasteiger partial charge is 0.481 e. The molecule has 0 aliphatic carbocycles. The molecule has 1 aromatic carbocycles. The minimum atomic E-state index is -1.28. The van der Waals surface area contributed by atoms with Gasteiger partial charge in [-0.3, -0.25) is 13.8 Å². The highest BCUT2D eigenvalue weighted by atomic mass is 32.2. The van der Waals surface area contributed by atoms with Gasteiger partial charge in [0.05, 0.1) is 5.75 Å². The number of aliphatic carboxylic acids is 1. The summed E-state index contributed by atoms with van der Waals surface area (Å²) in [5.74, 6) is -0.857. The van der Waals surface area contributed by atoms with Crippen molar-refractivity contribution in [1.82, 2.24) is 0 Å². The van der Waals surface area contributed by atoms with Crippen LogP contribution in [0.15, 0.2) is 30.3 Å². The van der Waals surface area contributed by atoms with Gasteiger partial charge in [-0.25, -0.2) is 0 Å². The number of Topliss-reactive ketones (excluding diaryl/α,β-unsaturated/α-hetero) is 1. The van der Waals surface area contributed by atoms with Gasteiger partial charge in [0.15, 0.2) is 5.78 Å². The molecule has 0 saturated carbocycles. The third kappa shape index (κ3) is 5.40. The SMILES string of the molecule is O=C(O)CCCS(=O)CC(=O)c1ccccc1. The Morgan fingerprint density at radius 2 is 1.82 bits per heavy atom. The first-order valence-electron chi connectivity index (χ1n) is 5.24. The maximum Gasteiger partial charge on any atom is 0.303 e. The van der Waals surface area contributed by atoms with Gasteiger partial charge in [-0.1, -0.05) is 30.3 Å². The van der Waals surface area contributed by atoms with E-state index in [0.29, 0.717) is 12.0 Å². The second-order valence-electron chi connectivity index (χ2n) is 3.57. The van der Waals surface area contributed by atoms with Crippen molar-refractivity contribution in [2.24, 2.45) is 0 Å². The van der Waals surface area contributed by atoms with Crippen LogP contribution in [0, 0.1) is 0 Å². The van der Waals surface area contributed by atoms with E-state index >= 15 is 0 Å². The molecule has 1 rings (SSSR count). The van der Waals surface area contributed by atoms with Crippen molar-refractivity contribution in [2.45, 2.75) is 12.8 Å². The number of carbonyl (C=O) groups is 2. The van der Waals surface area contributed by atoms with E-state index in [4.69, 9.17) is 5.11 Å². The van der Waals surface area contributed by atoms with Gasteiger partial charge in [0.1, 0.15) is 0 Å². The van der Waals surface area contributed by atoms with Crippen LogP contribution in [-0.2, 0) is 15.6 Å². The van der Waals surface area contributed by atoms with Crippen LogP contribution in [0.4, 0.5) is 0 Å². The molecule has 0 radical (unpaired) electrons. The summed E-state index contributed by atoms with van der Waals surface area (Å²) >= 11 is 0. The predicted molar refractivity (Wildman–Crippen MR) is 65.5 cm³/mol. The second kappa shape index (κ2) is 6.96. The summed E-state index contributed by atoms with van der Waals surface area (Å²) < 4.78 is 11.5. The molecule has 1 aromatic rings. The first kappa shape index (κ1) is 13.6. The van der Waals surface area contributed by atoms with E-state index in [2.05, 4.69) is 0 Å². The fourth-order valence-electron chi connectivity index (χ4n) is 1.31. The molecule has 4 nitrogen and oxygen atoms in total. The van der Waals surface area contributed by atoms with Crippen molar-refractivity contribution in [3.63, 3.8) is 0 Å². The summed E-state index contributed by atoms with van der Waals surface area (Å²) in [6.07, 6.45) is 0.329. The van der Waals surface area contributed by atoms with Gasteiger partial charge in [0.25, 0.3) is 0 Å². The molecular weight excluding hydrogens is 240 g/mol. The number of hydrogen-bond donors (Lipinski definition) is 1. The highest BCUT2D eigenvalue weighted by molar-refractivity contribution is 7.85. The van der Waals surface area contributed by atoms with Gasteiger partial charge in [0.2, 0.25) is 0 Å². The zero-order chi connectivity index (χ0) is 12.7. The van der Waals surface area contributed by atoms with Crippen LogP contribution in [0.1, 0.15) is 23.2 Å². The van der Waals surface area contributed by atoms with E-state index in [0.717, 1.165) is 0 Å². The number of ketones is 1. The summed E-state index contributed by atoms with van der Waals surface area (Å²) in [5, 5.41) is 8.42. The smallest absolute Gasteiger partial charge is 0.303 e. The molecular formula is C12H14O4S. The molecule has 0 saturated heterocycles. The number of hydrogen-bond acceptors (Lipinski definition) is 3. The van der Waals surface area contributed by atoms with Crippen LogP contribution >= 0.6 is 0 Å². The van der Waals surface area contributed by atoms with E-state index in [-0.39, 0.29) is 23.7 Å². The van der Waals surface area contributed by atoms with Gasteiger partial charge in [-0.15, -0.1) is 0 Å². The van der Waals surface area contributed by atoms with Gasteiger partial charge in [-0.05, 0) is 6.42 Å². The van der Waals surface area contributed by atoms with Crippen molar-refractivity contribution >= 4 is 22.6 Å². The van der Waals surface area contributed by atoms with Crippen LogP contribution < -0.4 is 0 Å². The third-order valence-electron chi connectivity index (χ3n) is 2.15. The highest BCUT2D eigenvalue weighted by Gasteiger charge is 2.10. The summed E-state index contributed by atoms with van der Waals surface area (Å²) in [4.78, 5) is 21.9. The number of rotatable bonds is 7. The maximum atomic E-state index is 11.6. The molecule has 0 aromatic heterocycles. The van der Waals surface area contributed by atoms with Crippen molar-refractivity contribution in [2.75, 3.05) is 11.5 Å². The summed E-state index contributed by atoms with van der Waals surface area (Å²) in [6, 6.07) is 8.66. The zero-order valence-corrected chi connectivity index (χ0v) is 10.1. The number of carbonyl (C=O) groups excluding carboxylic acids is 1. The average Bonchev–Trinajstić information content (AvgIpc) is 2.29. The molecule has 1 atom stereocenters. The van der Waals surface area contributed by atoms with E-state index in [1.165, 1.54) is 0 Å². The fraction of sp³-hybridized carbons (Fsp3) is 0.333. The Morgan fingerprint density at radius 1 is 1.18 bits per heavy atom. The minimum Gasteiger partial charge on any atom is -0.481 e. The molecule has 1 N–H and O–H groups in total. The molecule has 0 aliphatic heterocycles. The molecule has 0 bridgehead atoms. The van der Waals surface area contributed by atoms with E-state index < -0.39 is 16.8 Å². The molecule has 0 fully saturated rings. The van der Waals surface area contributed by atoms with Crippen LogP contribution in [0.25, 0.3) is 0 Å². The Morgan fingerprint density at radius 3 is 2.41 bits per heavy atom. The standard InChI is InChI=1S/C12H14O4S/c13-11(10-5-2-1-3-6-10)9-17(16)8-4-7-12(14)15/h1-3,5-6H,4,7-9H2,(H,14,15). The fourth-order valence-corrected chi connectivity index (χ4v) is 2.38. The van der Waals surface area contributed by atoms with E-state index in [9.17, 15) is 13.8 Å². The van der Waals surface area contributed by atoms with Crippen LogP contribution in [0.2, 0.25) is 0 Å². The lowest BCUT2D eigenvalue weighted by Crippen LogP contribution is -2.13. The summed E-state index contributed by atoms with van der Waals surface area (Å²) in [7, 11) is -1.28. The lowest BCUT2D eigenvalue weighted by molar-refractivity contribution is -0.137. The first-order chi connectivity index (χ1) is 8.09. The molecule has 0 amide bonds. The number of benzene rings is 1. The van der Waals surface area contributed by atoms with Crippen molar-refractivity contribution in [1.29, 1.82) is 0 Å². The van der Waals surface area contributed by atoms with Crippen molar-refractivity contribution < 1.29 is 18.9 Å². The lowest BCUT2D eigenvalue weighted by atomic mass is 10.2. The molecule has 1 unspecified atom stereocenters. The Hall–Kier alpha value is -1.49. The summed E-state index contributed by atoms with van der Waals surface area (Å²) in [6.45, 7) is 0. The highest BCUT2D eigenvalue weighted by Crippen LogP contribution is 2.02. The Kier molecular flexibility index (Phi) is 5.56. The van der Waals surface area contributed by atoms with Gasteiger partial charge in [0, 0.05) is 28.5 Å². The zero-order valence-electron chi connectivity index (χ0n) is 9.30. The first-order valence-corrected chi connectivity index (χ1v) is 6.73. The number of carboxylic acid groups (broad SMARTS) is 1. The van der Waals surface area contributed by atoms with Crippen molar-refractivity contribution in [3.8, 4) is 0 Å². The third-order valence-corrected chi connectivity index (χ3v) is 3.48. The molecule has 5 heteroatoms. The maximum absolute atomic E-state index is 11.6. The van der Waals surface area contributed by atoms with Gasteiger partial charge in [-0.2, -0.15) is 0 Å². The Balaban J connectivity index is 2.36. The van der Waals surface area contributed by atoms with Crippen LogP contribution in [0.3, 0.4) is 0 Å². The van der Waals surface area contributed by atoms with Crippen LogP contribution in [0.5, 0.6) is 0 Å². The average molecular weight is 254 g/mol. The Bertz CT molecular complexity index is 414. The summed E-state index contributed by atoms with van der Waals surface area (Å²) in [5.41, 5.74) is 0.541. The monoisotopic (exact) mass is 254 g/mol.